The van der Waals surface area contributed by atoms with Crippen molar-refractivity contribution in [1.29, 1.82) is 0 Å². The van der Waals surface area contributed by atoms with Gasteiger partial charge in [-0.15, -0.1) is 0 Å². The van der Waals surface area contributed by atoms with E-state index in [0.717, 1.165) is 29.7 Å². The average molecular weight is 466 g/mol. The van der Waals surface area contributed by atoms with Crippen molar-refractivity contribution in [3.05, 3.63) is 36.3 Å². The van der Waals surface area contributed by atoms with Crippen LogP contribution in [0.2, 0.25) is 0 Å². The van der Waals surface area contributed by atoms with Gasteiger partial charge in [0.2, 0.25) is 5.95 Å². The SMILES string of the molecule is CO[C@H]1CCN(c2nccc(Nc3cc4c(C(C)C)cnc(N5CC(C)C5)c4cn3)n2)C[C@H]1F. The summed E-state index contributed by atoms with van der Waals surface area (Å²) in [6, 6.07) is 3.87. The lowest BCUT2D eigenvalue weighted by atomic mass is 9.97. The molecule has 8 nitrogen and oxygen atoms in total. The van der Waals surface area contributed by atoms with Crippen LogP contribution >= 0.6 is 0 Å². The number of anilines is 4. The van der Waals surface area contributed by atoms with Gasteiger partial charge < -0.3 is 19.9 Å². The van der Waals surface area contributed by atoms with Crippen LogP contribution in [0.15, 0.2) is 30.7 Å². The summed E-state index contributed by atoms with van der Waals surface area (Å²) in [5.41, 5.74) is 1.19. The fourth-order valence-corrected chi connectivity index (χ4v) is 4.83. The van der Waals surface area contributed by atoms with Crippen molar-refractivity contribution < 1.29 is 9.13 Å². The van der Waals surface area contributed by atoms with Crippen molar-refractivity contribution in [1.82, 2.24) is 19.9 Å². The van der Waals surface area contributed by atoms with Gasteiger partial charge in [0.05, 0.1) is 12.6 Å². The van der Waals surface area contributed by atoms with E-state index in [1.807, 2.05) is 17.3 Å². The summed E-state index contributed by atoms with van der Waals surface area (Å²) in [4.78, 5) is 22.6. The molecule has 2 atom stereocenters. The van der Waals surface area contributed by atoms with E-state index in [4.69, 9.17) is 9.72 Å². The Balaban J connectivity index is 1.41. The van der Waals surface area contributed by atoms with Crippen LogP contribution in [0.4, 0.5) is 27.8 Å². The number of alkyl halides is 1. The van der Waals surface area contributed by atoms with Crippen LogP contribution in [0, 0.1) is 5.92 Å². The molecule has 2 saturated heterocycles. The standard InChI is InChI=1S/C25H32FN7O/c1-15(2)18-10-29-24(33-12-16(3)13-33)19-11-28-23(9-17(18)19)30-22-5-7-27-25(31-22)32-8-6-21(34-4)20(26)14-32/h5,7,9-11,15-16,20-21H,6,8,12-14H2,1-4H3,(H,27,28,30,31)/t20-,21+/m1/s1. The summed E-state index contributed by atoms with van der Waals surface area (Å²) >= 11 is 0. The van der Waals surface area contributed by atoms with Crippen molar-refractivity contribution >= 4 is 34.2 Å². The molecular formula is C25H32FN7O. The molecule has 3 aromatic heterocycles. The number of nitrogens with zero attached hydrogens (tertiary/aromatic N) is 6. The van der Waals surface area contributed by atoms with Gasteiger partial charge >= 0.3 is 0 Å². The minimum Gasteiger partial charge on any atom is -0.378 e. The molecule has 0 spiro atoms. The lowest BCUT2D eigenvalue weighted by Gasteiger charge is -2.38. The molecule has 0 saturated carbocycles. The number of methoxy groups -OCH3 is 1. The summed E-state index contributed by atoms with van der Waals surface area (Å²) in [5, 5.41) is 5.53. The molecule has 0 aromatic carbocycles. The third-order valence-corrected chi connectivity index (χ3v) is 6.73. The monoisotopic (exact) mass is 465 g/mol. The van der Waals surface area contributed by atoms with Crippen LogP contribution in [0.5, 0.6) is 0 Å². The maximum absolute atomic E-state index is 14.4. The van der Waals surface area contributed by atoms with Crippen molar-refractivity contribution in [3.63, 3.8) is 0 Å². The molecule has 2 aliphatic rings. The summed E-state index contributed by atoms with van der Waals surface area (Å²) < 4.78 is 19.6. The number of aromatic nitrogens is 4. The second-order valence-corrected chi connectivity index (χ2v) is 9.71. The van der Waals surface area contributed by atoms with E-state index in [1.165, 1.54) is 5.56 Å². The fraction of sp³-hybridized carbons (Fsp3) is 0.520. The smallest absolute Gasteiger partial charge is 0.227 e. The van der Waals surface area contributed by atoms with Crippen LogP contribution in [-0.2, 0) is 4.74 Å². The van der Waals surface area contributed by atoms with Crippen LogP contribution in [-0.4, -0.2) is 65.5 Å². The van der Waals surface area contributed by atoms with Gasteiger partial charge in [0.25, 0.3) is 0 Å². The van der Waals surface area contributed by atoms with Crippen molar-refractivity contribution in [2.75, 3.05) is 48.4 Å². The Labute approximate surface area is 199 Å². The lowest BCUT2D eigenvalue weighted by Crippen LogP contribution is -2.46. The largest absolute Gasteiger partial charge is 0.378 e. The highest BCUT2D eigenvalue weighted by Gasteiger charge is 2.30. The Kier molecular flexibility index (Phi) is 6.20. The predicted molar refractivity (Wildman–Crippen MR) is 133 cm³/mol. The van der Waals surface area contributed by atoms with Crippen LogP contribution in [0.1, 0.15) is 38.7 Å². The molecule has 34 heavy (non-hydrogen) atoms. The molecule has 0 bridgehead atoms. The number of nitrogens with one attached hydrogen (secondary N) is 1. The number of halogens is 1. The third-order valence-electron chi connectivity index (χ3n) is 6.73. The molecule has 0 amide bonds. The molecule has 9 heteroatoms. The van der Waals surface area contributed by atoms with Gasteiger partial charge in [-0.1, -0.05) is 20.8 Å². The molecule has 0 aliphatic carbocycles. The van der Waals surface area contributed by atoms with Gasteiger partial charge in [0, 0.05) is 50.7 Å². The second kappa shape index (κ2) is 9.29. The minimum atomic E-state index is -1.06. The Bertz CT molecular complexity index is 1170. The number of pyridine rings is 2. The molecule has 2 fully saturated rings. The normalized spacial score (nSPS) is 21.2. The summed E-state index contributed by atoms with van der Waals surface area (Å²) in [5.74, 6) is 3.86. The fourth-order valence-electron chi connectivity index (χ4n) is 4.83. The average Bonchev–Trinajstić information content (AvgIpc) is 2.81. The highest BCUT2D eigenvalue weighted by Crippen LogP contribution is 2.35. The molecule has 2 aliphatic heterocycles. The Morgan fingerprint density at radius 1 is 1.06 bits per heavy atom. The number of hydrogen-bond acceptors (Lipinski definition) is 8. The predicted octanol–water partition coefficient (Wildman–Crippen LogP) is 4.31. The molecule has 0 radical (unpaired) electrons. The zero-order valence-corrected chi connectivity index (χ0v) is 20.2. The summed E-state index contributed by atoms with van der Waals surface area (Å²) in [7, 11) is 1.55. The van der Waals surface area contributed by atoms with E-state index < -0.39 is 6.17 Å². The van der Waals surface area contributed by atoms with Crippen LogP contribution in [0.25, 0.3) is 10.8 Å². The quantitative estimate of drug-likeness (QED) is 0.577. The van der Waals surface area contributed by atoms with E-state index in [1.54, 1.807) is 19.4 Å². The van der Waals surface area contributed by atoms with E-state index in [0.29, 0.717) is 42.4 Å². The molecule has 5 rings (SSSR count). The van der Waals surface area contributed by atoms with Gasteiger partial charge in [-0.25, -0.2) is 19.3 Å². The van der Waals surface area contributed by atoms with Gasteiger partial charge in [-0.05, 0) is 41.3 Å². The highest BCUT2D eigenvalue weighted by atomic mass is 19.1. The van der Waals surface area contributed by atoms with Crippen molar-refractivity contribution in [2.24, 2.45) is 5.92 Å². The minimum absolute atomic E-state index is 0.221. The first kappa shape index (κ1) is 22.7. The van der Waals surface area contributed by atoms with Crippen molar-refractivity contribution in [3.8, 4) is 0 Å². The molecule has 0 unspecified atom stereocenters. The maximum atomic E-state index is 14.4. The Morgan fingerprint density at radius 3 is 2.59 bits per heavy atom. The van der Waals surface area contributed by atoms with Gasteiger partial charge in [-0.3, -0.25) is 0 Å². The van der Waals surface area contributed by atoms with Crippen LogP contribution < -0.4 is 15.1 Å². The maximum Gasteiger partial charge on any atom is 0.227 e. The number of piperidine rings is 1. The van der Waals surface area contributed by atoms with Crippen molar-refractivity contribution in [2.45, 2.75) is 45.4 Å². The number of ether oxygens (including phenoxy) is 1. The van der Waals surface area contributed by atoms with Gasteiger partial charge in [-0.2, -0.15) is 4.98 Å². The Morgan fingerprint density at radius 2 is 1.88 bits per heavy atom. The molecule has 1 N–H and O–H groups in total. The van der Waals surface area contributed by atoms with Crippen LogP contribution in [0.3, 0.4) is 0 Å². The number of rotatable bonds is 6. The van der Waals surface area contributed by atoms with E-state index in [-0.39, 0.29) is 12.6 Å². The van der Waals surface area contributed by atoms with E-state index in [9.17, 15) is 4.39 Å². The topological polar surface area (TPSA) is 79.3 Å². The third kappa shape index (κ3) is 4.36. The summed E-state index contributed by atoms with van der Waals surface area (Å²) in [6.07, 6.45) is 4.76. The Hall–Kier alpha value is -3.07. The number of fused-ring (bicyclic) bond motifs is 1. The number of hydrogen-bond donors (Lipinski definition) is 1. The first-order valence-corrected chi connectivity index (χ1v) is 12.0. The molecule has 180 valence electrons. The lowest BCUT2D eigenvalue weighted by molar-refractivity contribution is 0.0194. The second-order valence-electron chi connectivity index (χ2n) is 9.71. The molecule has 5 heterocycles. The zero-order chi connectivity index (χ0) is 23.8. The van der Waals surface area contributed by atoms with E-state index in [2.05, 4.69) is 52.0 Å². The zero-order valence-electron chi connectivity index (χ0n) is 20.2. The first-order chi connectivity index (χ1) is 16.4. The molecular weight excluding hydrogens is 433 g/mol. The highest BCUT2D eigenvalue weighted by molar-refractivity contribution is 5.96. The molecule has 3 aromatic rings. The van der Waals surface area contributed by atoms with Gasteiger partial charge in [0.1, 0.15) is 23.6 Å². The van der Waals surface area contributed by atoms with E-state index >= 15 is 0 Å². The first-order valence-electron chi connectivity index (χ1n) is 12.0. The summed E-state index contributed by atoms with van der Waals surface area (Å²) in [6.45, 7) is 9.53. The van der Waals surface area contributed by atoms with Gasteiger partial charge in [0.15, 0.2) is 0 Å².